The van der Waals surface area contributed by atoms with Crippen molar-refractivity contribution in [3.05, 3.63) is 71.9 Å². The summed E-state index contributed by atoms with van der Waals surface area (Å²) < 4.78 is 16.1. The molecule has 2 aromatic heterocycles. The normalized spacial score (nSPS) is 12.2. The Hall–Kier alpha value is -3.34. The zero-order valence-corrected chi connectivity index (χ0v) is 18.4. The van der Waals surface area contributed by atoms with Crippen LogP contribution in [0.25, 0.3) is 39.0 Å². The molecule has 0 aliphatic rings. The maximum Gasteiger partial charge on any atom is 0.137 e. The minimum Gasteiger partial charge on any atom is -0.394 e. The van der Waals surface area contributed by atoms with E-state index in [4.69, 9.17) is 4.98 Å². The van der Waals surface area contributed by atoms with Gasteiger partial charge in [-0.2, -0.15) is 0 Å². The molecule has 0 bridgehead atoms. The van der Waals surface area contributed by atoms with Gasteiger partial charge in [-0.3, -0.25) is 9.97 Å². The van der Waals surface area contributed by atoms with Crippen molar-refractivity contribution in [3.63, 3.8) is 0 Å². The number of aromatic nitrogens is 3. The first-order valence-corrected chi connectivity index (χ1v) is 10.7. The molecular formula is C26H27FN4. The van der Waals surface area contributed by atoms with E-state index < -0.39 is 5.67 Å². The first-order valence-electron chi connectivity index (χ1n) is 10.7. The molecule has 0 spiro atoms. The predicted molar refractivity (Wildman–Crippen MR) is 126 cm³/mol. The van der Waals surface area contributed by atoms with Gasteiger partial charge in [-0.05, 0) is 43.0 Å². The summed E-state index contributed by atoms with van der Waals surface area (Å²) in [6.45, 7) is 5.80. The number of rotatable bonds is 6. The van der Waals surface area contributed by atoms with E-state index in [2.05, 4.69) is 27.4 Å². The molecule has 5 heteroatoms. The molecule has 2 heterocycles. The van der Waals surface area contributed by atoms with E-state index in [1.807, 2.05) is 58.3 Å². The Labute approximate surface area is 182 Å². The fourth-order valence-electron chi connectivity index (χ4n) is 4.31. The lowest BCUT2D eigenvalue weighted by atomic mass is 9.84. The van der Waals surface area contributed by atoms with Crippen molar-refractivity contribution in [2.75, 3.05) is 7.05 Å². The van der Waals surface area contributed by atoms with Gasteiger partial charge in [-0.1, -0.05) is 44.2 Å². The minimum absolute atomic E-state index is 0.388. The number of benzene rings is 2. The van der Waals surface area contributed by atoms with E-state index in [-0.39, 0.29) is 0 Å². The molecule has 0 aliphatic heterocycles. The van der Waals surface area contributed by atoms with E-state index in [0.717, 1.165) is 38.7 Å². The van der Waals surface area contributed by atoms with Crippen molar-refractivity contribution in [3.8, 4) is 11.3 Å². The van der Waals surface area contributed by atoms with Crippen molar-refractivity contribution in [2.24, 2.45) is 0 Å². The monoisotopic (exact) mass is 414 g/mol. The molecule has 158 valence electrons. The molecular weight excluding hydrogens is 387 g/mol. The second kappa shape index (κ2) is 8.42. The number of alkyl halides is 1. The Morgan fingerprint density at radius 1 is 1.10 bits per heavy atom. The van der Waals surface area contributed by atoms with E-state index in [1.165, 1.54) is 0 Å². The van der Waals surface area contributed by atoms with Crippen LogP contribution < -0.4 is 5.32 Å². The molecule has 0 fully saturated rings. The Bertz CT molecular complexity index is 1260. The molecule has 0 radical (unpaired) electrons. The van der Waals surface area contributed by atoms with Crippen LogP contribution in [0.3, 0.4) is 0 Å². The average molecular weight is 415 g/mol. The Balaban J connectivity index is 2.25. The van der Waals surface area contributed by atoms with Crippen LogP contribution in [0.2, 0.25) is 0 Å². The summed E-state index contributed by atoms with van der Waals surface area (Å²) in [4.78, 5) is 13.9. The topological polar surface area (TPSA) is 50.7 Å². The number of hydrogen-bond acceptors (Lipinski definition) is 4. The maximum atomic E-state index is 16.1. The van der Waals surface area contributed by atoms with Crippen molar-refractivity contribution in [1.82, 2.24) is 20.3 Å². The van der Waals surface area contributed by atoms with Gasteiger partial charge >= 0.3 is 0 Å². The standard InChI is InChI=1S/C26H27FN4/c1-5-26(27,6-2)20-15-17(3)23(22-16-29-13-14-30-22)24-19-10-8-7-9-18(19)21(11-12-28-4)31-25(20)24/h7-16,28H,5-6H2,1-4H3/b12-11-. The van der Waals surface area contributed by atoms with Gasteiger partial charge in [0, 0.05) is 41.3 Å². The van der Waals surface area contributed by atoms with Gasteiger partial charge in [0.1, 0.15) is 5.67 Å². The number of aryl methyl sites for hydroxylation is 1. The first kappa shape index (κ1) is 20.9. The van der Waals surface area contributed by atoms with E-state index in [1.54, 1.807) is 18.6 Å². The summed E-state index contributed by atoms with van der Waals surface area (Å²) in [5.41, 5.74) is 3.37. The molecule has 0 amide bonds. The third-order valence-corrected chi connectivity index (χ3v) is 6.03. The lowest BCUT2D eigenvalue weighted by Gasteiger charge is -2.26. The molecule has 2 aromatic carbocycles. The van der Waals surface area contributed by atoms with E-state index in [9.17, 15) is 0 Å². The summed E-state index contributed by atoms with van der Waals surface area (Å²) >= 11 is 0. The summed E-state index contributed by atoms with van der Waals surface area (Å²) in [5, 5.41) is 6.00. The SMILES string of the molecule is CCC(F)(CC)c1cc(C)c(-c2cnccn2)c2c1nc(/C=C\NC)c1ccccc12. The largest absolute Gasteiger partial charge is 0.394 e. The summed E-state index contributed by atoms with van der Waals surface area (Å²) in [6, 6.07) is 10.1. The number of nitrogens with zero attached hydrogens (tertiary/aromatic N) is 3. The lowest BCUT2D eigenvalue weighted by molar-refractivity contribution is 0.153. The van der Waals surface area contributed by atoms with Crippen LogP contribution >= 0.6 is 0 Å². The predicted octanol–water partition coefficient (Wildman–Crippen LogP) is 6.33. The van der Waals surface area contributed by atoms with Gasteiger partial charge in [-0.25, -0.2) is 9.37 Å². The van der Waals surface area contributed by atoms with Crippen LogP contribution in [0.1, 0.15) is 43.5 Å². The third kappa shape index (κ3) is 3.54. The second-order valence-electron chi connectivity index (χ2n) is 7.77. The molecule has 4 nitrogen and oxygen atoms in total. The van der Waals surface area contributed by atoms with Crippen LogP contribution in [0.15, 0.2) is 55.1 Å². The van der Waals surface area contributed by atoms with E-state index in [0.29, 0.717) is 23.9 Å². The smallest absolute Gasteiger partial charge is 0.137 e. The molecule has 1 N–H and O–H groups in total. The highest BCUT2D eigenvalue weighted by molar-refractivity contribution is 6.15. The highest BCUT2D eigenvalue weighted by atomic mass is 19.1. The number of hydrogen-bond donors (Lipinski definition) is 1. The van der Waals surface area contributed by atoms with Gasteiger partial charge in [0.15, 0.2) is 0 Å². The number of nitrogens with one attached hydrogen (secondary N) is 1. The number of fused-ring (bicyclic) bond motifs is 3. The molecule has 0 saturated heterocycles. The van der Waals surface area contributed by atoms with Crippen LogP contribution in [0, 0.1) is 6.92 Å². The Kier molecular flexibility index (Phi) is 5.68. The summed E-state index contributed by atoms with van der Waals surface area (Å²) in [6.07, 6.45) is 9.66. The molecule has 4 rings (SSSR count). The Morgan fingerprint density at radius 3 is 2.48 bits per heavy atom. The third-order valence-electron chi connectivity index (χ3n) is 6.03. The molecule has 4 aromatic rings. The Morgan fingerprint density at radius 2 is 1.84 bits per heavy atom. The van der Waals surface area contributed by atoms with Crippen LogP contribution in [0.5, 0.6) is 0 Å². The number of halogens is 1. The fraction of sp³-hybridized carbons (Fsp3) is 0.269. The lowest BCUT2D eigenvalue weighted by Crippen LogP contribution is -2.19. The molecule has 0 saturated carbocycles. The average Bonchev–Trinajstić information content (AvgIpc) is 2.82. The van der Waals surface area contributed by atoms with Gasteiger partial charge in [0.25, 0.3) is 0 Å². The number of pyridine rings is 1. The molecule has 0 aliphatic carbocycles. The van der Waals surface area contributed by atoms with Crippen molar-refractivity contribution >= 4 is 27.8 Å². The summed E-state index contributed by atoms with van der Waals surface area (Å²) in [7, 11) is 1.85. The van der Waals surface area contributed by atoms with Crippen molar-refractivity contribution < 1.29 is 4.39 Å². The van der Waals surface area contributed by atoms with Gasteiger partial charge in [0.2, 0.25) is 0 Å². The van der Waals surface area contributed by atoms with Crippen molar-refractivity contribution in [1.29, 1.82) is 0 Å². The van der Waals surface area contributed by atoms with Gasteiger partial charge < -0.3 is 5.32 Å². The van der Waals surface area contributed by atoms with E-state index >= 15 is 4.39 Å². The van der Waals surface area contributed by atoms with Gasteiger partial charge in [-0.15, -0.1) is 0 Å². The maximum absolute atomic E-state index is 16.1. The quantitative estimate of drug-likeness (QED) is 0.375. The van der Waals surface area contributed by atoms with Crippen LogP contribution in [-0.2, 0) is 5.67 Å². The second-order valence-corrected chi connectivity index (χ2v) is 7.77. The fourth-order valence-corrected chi connectivity index (χ4v) is 4.31. The highest BCUT2D eigenvalue weighted by Gasteiger charge is 2.32. The van der Waals surface area contributed by atoms with Crippen LogP contribution in [0.4, 0.5) is 4.39 Å². The molecule has 31 heavy (non-hydrogen) atoms. The molecule has 0 atom stereocenters. The minimum atomic E-state index is -1.46. The summed E-state index contributed by atoms with van der Waals surface area (Å²) in [5.74, 6) is 0. The zero-order valence-electron chi connectivity index (χ0n) is 18.4. The zero-order chi connectivity index (χ0) is 22.0. The van der Waals surface area contributed by atoms with Crippen LogP contribution in [-0.4, -0.2) is 22.0 Å². The first-order chi connectivity index (χ1) is 15.0. The molecule has 0 unspecified atom stereocenters. The van der Waals surface area contributed by atoms with Gasteiger partial charge in [0.05, 0.1) is 23.1 Å². The highest BCUT2D eigenvalue weighted by Crippen LogP contribution is 2.44. The van der Waals surface area contributed by atoms with Crippen molar-refractivity contribution in [2.45, 2.75) is 39.3 Å².